The van der Waals surface area contributed by atoms with Crippen LogP contribution >= 0.6 is 11.3 Å². The van der Waals surface area contributed by atoms with E-state index < -0.39 is 11.4 Å². The molecule has 0 amide bonds. The van der Waals surface area contributed by atoms with Crippen LogP contribution in [0.25, 0.3) is 0 Å². The molecular formula is C11H15NO3S. The Labute approximate surface area is 98.3 Å². The van der Waals surface area contributed by atoms with E-state index in [4.69, 9.17) is 9.84 Å². The fraction of sp³-hybridized carbons (Fsp3) is 0.636. The van der Waals surface area contributed by atoms with Crippen molar-refractivity contribution in [3.05, 3.63) is 16.1 Å². The number of hydrogen-bond acceptors (Lipinski definition) is 4. The number of hydrogen-bond donors (Lipinski definition) is 1. The third kappa shape index (κ3) is 2.10. The Morgan fingerprint density at radius 2 is 2.44 bits per heavy atom. The summed E-state index contributed by atoms with van der Waals surface area (Å²) in [4.78, 5) is 15.6. The monoisotopic (exact) mass is 241 g/mol. The lowest BCUT2D eigenvalue weighted by atomic mass is 9.83. The van der Waals surface area contributed by atoms with Crippen molar-refractivity contribution in [2.45, 2.75) is 26.2 Å². The SMILES string of the molecule is CCCc1csc(CC2(C(=O)O)COC2)n1. The maximum Gasteiger partial charge on any atom is 0.314 e. The Morgan fingerprint density at radius 1 is 1.69 bits per heavy atom. The number of thiazole rings is 1. The molecule has 0 bridgehead atoms. The Bertz CT molecular complexity index is 384. The second-order valence-electron chi connectivity index (χ2n) is 4.24. The minimum Gasteiger partial charge on any atom is -0.481 e. The van der Waals surface area contributed by atoms with Gasteiger partial charge in [-0.2, -0.15) is 0 Å². The average Bonchev–Trinajstić information content (AvgIpc) is 2.59. The fourth-order valence-corrected chi connectivity index (χ4v) is 2.71. The smallest absolute Gasteiger partial charge is 0.314 e. The van der Waals surface area contributed by atoms with Crippen LogP contribution in [0.1, 0.15) is 24.0 Å². The highest BCUT2D eigenvalue weighted by atomic mass is 32.1. The molecule has 1 fully saturated rings. The predicted molar refractivity (Wildman–Crippen MR) is 60.7 cm³/mol. The topological polar surface area (TPSA) is 59.4 Å². The summed E-state index contributed by atoms with van der Waals surface area (Å²) in [6, 6.07) is 0. The highest BCUT2D eigenvalue weighted by Gasteiger charge is 2.46. The highest BCUT2D eigenvalue weighted by Crippen LogP contribution is 2.33. The van der Waals surface area contributed by atoms with Crippen molar-refractivity contribution in [2.24, 2.45) is 5.41 Å². The maximum atomic E-state index is 11.1. The molecular weight excluding hydrogens is 226 g/mol. The molecule has 0 spiro atoms. The fourth-order valence-electron chi connectivity index (χ4n) is 1.74. The number of carboxylic acids is 1. The van der Waals surface area contributed by atoms with E-state index in [1.54, 1.807) is 11.3 Å². The first kappa shape index (κ1) is 11.5. The Balaban J connectivity index is 2.05. The van der Waals surface area contributed by atoms with E-state index >= 15 is 0 Å². The average molecular weight is 241 g/mol. The molecule has 0 atom stereocenters. The summed E-state index contributed by atoms with van der Waals surface area (Å²) in [5.74, 6) is -0.772. The van der Waals surface area contributed by atoms with Crippen LogP contribution in [0.2, 0.25) is 0 Å². The first-order valence-corrected chi connectivity index (χ1v) is 6.29. The summed E-state index contributed by atoms with van der Waals surface area (Å²) in [6.07, 6.45) is 2.53. The maximum absolute atomic E-state index is 11.1. The zero-order valence-electron chi connectivity index (χ0n) is 9.23. The summed E-state index contributed by atoms with van der Waals surface area (Å²) < 4.78 is 5.02. The highest BCUT2D eigenvalue weighted by molar-refractivity contribution is 7.09. The second-order valence-corrected chi connectivity index (χ2v) is 5.18. The molecule has 1 aliphatic heterocycles. The molecule has 1 saturated heterocycles. The van der Waals surface area contributed by atoms with Gasteiger partial charge in [-0.25, -0.2) is 4.98 Å². The summed E-state index contributed by atoms with van der Waals surface area (Å²) in [6.45, 7) is 2.73. The van der Waals surface area contributed by atoms with Crippen molar-refractivity contribution in [1.29, 1.82) is 0 Å². The van der Waals surface area contributed by atoms with E-state index in [1.807, 2.05) is 5.38 Å². The van der Waals surface area contributed by atoms with E-state index in [2.05, 4.69) is 11.9 Å². The first-order valence-electron chi connectivity index (χ1n) is 5.41. The molecule has 5 heteroatoms. The van der Waals surface area contributed by atoms with Crippen LogP contribution in [0.5, 0.6) is 0 Å². The number of ether oxygens (including phenoxy) is 1. The number of aromatic nitrogens is 1. The van der Waals surface area contributed by atoms with E-state index in [0.717, 1.165) is 23.5 Å². The molecule has 0 unspecified atom stereocenters. The van der Waals surface area contributed by atoms with Gasteiger partial charge in [0.05, 0.1) is 23.9 Å². The van der Waals surface area contributed by atoms with Crippen LogP contribution in [-0.2, 0) is 22.4 Å². The van der Waals surface area contributed by atoms with Gasteiger partial charge in [0.25, 0.3) is 0 Å². The molecule has 1 aliphatic rings. The molecule has 0 aromatic carbocycles. The number of nitrogens with zero attached hydrogens (tertiary/aromatic N) is 1. The van der Waals surface area contributed by atoms with Crippen LogP contribution in [0.15, 0.2) is 5.38 Å². The normalized spacial score (nSPS) is 18.1. The van der Waals surface area contributed by atoms with Crippen molar-refractivity contribution in [2.75, 3.05) is 13.2 Å². The van der Waals surface area contributed by atoms with E-state index in [9.17, 15) is 4.79 Å². The summed E-state index contributed by atoms with van der Waals surface area (Å²) in [5, 5.41) is 12.1. The van der Waals surface area contributed by atoms with Gasteiger partial charge in [-0.15, -0.1) is 11.3 Å². The number of carboxylic acid groups (broad SMARTS) is 1. The predicted octanol–water partition coefficient (Wildman–Crippen LogP) is 1.74. The zero-order chi connectivity index (χ0) is 11.6. The van der Waals surface area contributed by atoms with Crippen molar-refractivity contribution >= 4 is 17.3 Å². The van der Waals surface area contributed by atoms with Gasteiger partial charge >= 0.3 is 5.97 Å². The Kier molecular flexibility index (Phi) is 3.25. The molecule has 2 heterocycles. The van der Waals surface area contributed by atoms with Gasteiger partial charge in [-0.3, -0.25) is 4.79 Å². The third-order valence-electron chi connectivity index (χ3n) is 2.81. The van der Waals surface area contributed by atoms with Crippen LogP contribution in [0, 0.1) is 5.41 Å². The van der Waals surface area contributed by atoms with Gasteiger partial charge in [0.1, 0.15) is 5.41 Å². The number of aliphatic carboxylic acids is 1. The van der Waals surface area contributed by atoms with Gasteiger partial charge in [-0.05, 0) is 6.42 Å². The van der Waals surface area contributed by atoms with Crippen molar-refractivity contribution in [1.82, 2.24) is 4.98 Å². The van der Waals surface area contributed by atoms with Crippen molar-refractivity contribution < 1.29 is 14.6 Å². The van der Waals surface area contributed by atoms with Crippen LogP contribution in [-0.4, -0.2) is 29.3 Å². The summed E-state index contributed by atoms with van der Waals surface area (Å²) in [5.41, 5.74) is 0.352. The van der Waals surface area contributed by atoms with Gasteiger partial charge in [0.2, 0.25) is 0 Å². The lowest BCUT2D eigenvalue weighted by molar-refractivity contribution is -0.179. The van der Waals surface area contributed by atoms with Crippen LogP contribution < -0.4 is 0 Å². The molecule has 1 N–H and O–H groups in total. The van der Waals surface area contributed by atoms with Crippen LogP contribution in [0.4, 0.5) is 0 Å². The second kappa shape index (κ2) is 4.51. The molecule has 0 radical (unpaired) electrons. The van der Waals surface area contributed by atoms with Gasteiger partial charge in [0, 0.05) is 11.8 Å². The molecule has 0 saturated carbocycles. The minimum absolute atomic E-state index is 0.311. The van der Waals surface area contributed by atoms with Crippen molar-refractivity contribution in [3.8, 4) is 0 Å². The molecule has 1 aromatic rings. The Hall–Kier alpha value is -0.940. The van der Waals surface area contributed by atoms with Gasteiger partial charge < -0.3 is 9.84 Å². The van der Waals surface area contributed by atoms with Gasteiger partial charge in [0.15, 0.2) is 0 Å². The summed E-state index contributed by atoms with van der Waals surface area (Å²) in [7, 11) is 0. The lowest BCUT2D eigenvalue weighted by Gasteiger charge is -2.36. The number of carbonyl (C=O) groups is 1. The Morgan fingerprint density at radius 3 is 2.94 bits per heavy atom. The standard InChI is InChI=1S/C11H15NO3S/c1-2-3-8-5-16-9(12-8)4-11(10(13)14)6-15-7-11/h5H,2-4,6-7H2,1H3,(H,13,14). The first-order chi connectivity index (χ1) is 7.66. The molecule has 16 heavy (non-hydrogen) atoms. The minimum atomic E-state index is -0.772. The van der Waals surface area contributed by atoms with E-state index in [0.29, 0.717) is 19.6 Å². The molecule has 4 nitrogen and oxygen atoms in total. The molecule has 88 valence electrons. The lowest BCUT2D eigenvalue weighted by Crippen LogP contribution is -2.50. The number of rotatable bonds is 5. The van der Waals surface area contributed by atoms with E-state index in [-0.39, 0.29) is 0 Å². The molecule has 1 aromatic heterocycles. The largest absolute Gasteiger partial charge is 0.481 e. The quantitative estimate of drug-likeness (QED) is 0.853. The van der Waals surface area contributed by atoms with Gasteiger partial charge in [-0.1, -0.05) is 13.3 Å². The molecule has 2 rings (SSSR count). The zero-order valence-corrected chi connectivity index (χ0v) is 10.0. The third-order valence-corrected chi connectivity index (χ3v) is 3.70. The van der Waals surface area contributed by atoms with E-state index in [1.165, 1.54) is 0 Å². The van der Waals surface area contributed by atoms with Crippen molar-refractivity contribution in [3.63, 3.8) is 0 Å². The number of aryl methyl sites for hydroxylation is 1. The van der Waals surface area contributed by atoms with Crippen LogP contribution in [0.3, 0.4) is 0 Å². The summed E-state index contributed by atoms with van der Waals surface area (Å²) >= 11 is 1.55. The molecule has 0 aliphatic carbocycles.